The predicted octanol–water partition coefficient (Wildman–Crippen LogP) is 4.22. The number of aromatic nitrogens is 1. The fourth-order valence-corrected chi connectivity index (χ4v) is 5.45. The summed E-state index contributed by atoms with van der Waals surface area (Å²) in [6.45, 7) is 4.50. The number of likely N-dealkylation sites (N-methyl/N-ethyl adjacent to an activating group) is 1. The van der Waals surface area contributed by atoms with Gasteiger partial charge in [0.25, 0.3) is 0 Å². The molecule has 1 aromatic carbocycles. The summed E-state index contributed by atoms with van der Waals surface area (Å²) in [5, 5.41) is 3.52. The van der Waals surface area contributed by atoms with Gasteiger partial charge in [0.15, 0.2) is 0 Å². The number of para-hydroxylation sites is 1. The SMILES string of the molecule is CN(CCN1CCC(c2cccs2)(N(C)C)CC1)c1c[nH]c2ccccc12. The number of rotatable bonds is 6. The summed E-state index contributed by atoms with van der Waals surface area (Å²) in [4.78, 5) is 12.3. The van der Waals surface area contributed by atoms with Crippen LogP contribution in [0.1, 0.15) is 17.7 Å². The zero-order chi connectivity index (χ0) is 18.9. The minimum atomic E-state index is 0.216. The van der Waals surface area contributed by atoms with Gasteiger partial charge in [-0.1, -0.05) is 24.3 Å². The molecular weight excluding hydrogens is 352 g/mol. The van der Waals surface area contributed by atoms with Crippen LogP contribution in [0.15, 0.2) is 48.0 Å². The number of nitrogens with one attached hydrogen (secondary N) is 1. The van der Waals surface area contributed by atoms with E-state index in [9.17, 15) is 0 Å². The van der Waals surface area contributed by atoms with E-state index in [0.717, 1.165) is 26.2 Å². The van der Waals surface area contributed by atoms with E-state index >= 15 is 0 Å². The van der Waals surface area contributed by atoms with Crippen LogP contribution in [0.3, 0.4) is 0 Å². The maximum Gasteiger partial charge on any atom is 0.0621 e. The molecule has 1 aliphatic heterocycles. The second-order valence-corrected chi connectivity index (χ2v) is 8.83. The standard InChI is InChI=1S/C22H30N4S/c1-24(2)22(21-9-6-16-27-21)10-12-26(13-11-22)15-14-25(3)20-17-23-19-8-5-4-7-18(19)20/h4-9,16-17,23H,10-15H2,1-3H3. The second kappa shape index (κ2) is 7.66. The van der Waals surface area contributed by atoms with Gasteiger partial charge in [-0.05, 0) is 44.4 Å². The molecule has 0 unspecified atom stereocenters. The van der Waals surface area contributed by atoms with Crippen LogP contribution in [0.4, 0.5) is 5.69 Å². The molecule has 0 spiro atoms. The van der Waals surface area contributed by atoms with Crippen LogP contribution in [0.5, 0.6) is 0 Å². The molecule has 27 heavy (non-hydrogen) atoms. The van der Waals surface area contributed by atoms with E-state index in [1.807, 2.05) is 11.3 Å². The maximum absolute atomic E-state index is 3.39. The van der Waals surface area contributed by atoms with E-state index in [2.05, 4.69) is 88.8 Å². The molecule has 5 heteroatoms. The largest absolute Gasteiger partial charge is 0.372 e. The Hall–Kier alpha value is -1.82. The zero-order valence-corrected chi connectivity index (χ0v) is 17.4. The Labute approximate surface area is 166 Å². The van der Waals surface area contributed by atoms with Crippen molar-refractivity contribution in [2.75, 3.05) is 52.2 Å². The van der Waals surface area contributed by atoms with Crippen LogP contribution in [0.25, 0.3) is 10.9 Å². The Balaban J connectivity index is 1.37. The van der Waals surface area contributed by atoms with Gasteiger partial charge >= 0.3 is 0 Å². The Bertz CT molecular complexity index is 859. The molecule has 1 saturated heterocycles. The van der Waals surface area contributed by atoms with Crippen molar-refractivity contribution in [3.63, 3.8) is 0 Å². The fraction of sp³-hybridized carbons (Fsp3) is 0.455. The molecule has 0 atom stereocenters. The summed E-state index contributed by atoms with van der Waals surface area (Å²) in [6.07, 6.45) is 4.54. The highest BCUT2D eigenvalue weighted by Gasteiger charge is 2.38. The molecule has 0 aliphatic carbocycles. The van der Waals surface area contributed by atoms with Gasteiger partial charge in [0.1, 0.15) is 0 Å². The summed E-state index contributed by atoms with van der Waals surface area (Å²) >= 11 is 1.90. The molecule has 1 aliphatic rings. The molecule has 144 valence electrons. The van der Waals surface area contributed by atoms with Gasteiger partial charge in [-0.15, -0.1) is 11.3 Å². The minimum absolute atomic E-state index is 0.216. The lowest BCUT2D eigenvalue weighted by Gasteiger charge is -2.46. The van der Waals surface area contributed by atoms with Gasteiger partial charge in [0.2, 0.25) is 0 Å². The second-order valence-electron chi connectivity index (χ2n) is 7.89. The number of aromatic amines is 1. The van der Waals surface area contributed by atoms with Gasteiger partial charge in [-0.2, -0.15) is 0 Å². The van der Waals surface area contributed by atoms with Crippen molar-refractivity contribution in [2.24, 2.45) is 0 Å². The third-order valence-corrected chi connectivity index (χ3v) is 7.31. The van der Waals surface area contributed by atoms with E-state index in [-0.39, 0.29) is 5.54 Å². The topological polar surface area (TPSA) is 25.5 Å². The van der Waals surface area contributed by atoms with Gasteiger partial charge in [0, 0.05) is 55.2 Å². The Morgan fingerprint density at radius 1 is 1.07 bits per heavy atom. The number of anilines is 1. The fourth-order valence-electron chi connectivity index (χ4n) is 4.39. The van der Waals surface area contributed by atoms with E-state index < -0.39 is 0 Å². The lowest BCUT2D eigenvalue weighted by atomic mass is 9.84. The number of benzene rings is 1. The number of nitrogens with zero attached hydrogens (tertiary/aromatic N) is 3. The molecule has 4 nitrogen and oxygen atoms in total. The molecule has 0 bridgehead atoms. The summed E-state index contributed by atoms with van der Waals surface area (Å²) in [7, 11) is 6.68. The first-order chi connectivity index (χ1) is 13.1. The third-order valence-electron chi connectivity index (χ3n) is 6.25. The summed E-state index contributed by atoms with van der Waals surface area (Å²) in [5.41, 5.74) is 2.72. The molecular formula is C22H30N4S. The average Bonchev–Trinajstić information content (AvgIpc) is 3.36. The van der Waals surface area contributed by atoms with E-state index in [0.29, 0.717) is 0 Å². The number of H-pyrrole nitrogens is 1. The summed E-state index contributed by atoms with van der Waals surface area (Å²) < 4.78 is 0. The van der Waals surface area contributed by atoms with E-state index in [1.54, 1.807) is 0 Å². The van der Waals surface area contributed by atoms with Crippen molar-refractivity contribution >= 4 is 27.9 Å². The van der Waals surface area contributed by atoms with Crippen LogP contribution in [-0.4, -0.2) is 62.1 Å². The first-order valence-electron chi connectivity index (χ1n) is 9.81. The van der Waals surface area contributed by atoms with E-state index in [1.165, 1.54) is 34.3 Å². The van der Waals surface area contributed by atoms with Crippen molar-refractivity contribution in [3.05, 3.63) is 52.9 Å². The molecule has 0 radical (unpaired) electrons. The van der Waals surface area contributed by atoms with Gasteiger partial charge in [-0.3, -0.25) is 4.90 Å². The van der Waals surface area contributed by atoms with Crippen molar-refractivity contribution in [1.29, 1.82) is 0 Å². The zero-order valence-electron chi connectivity index (χ0n) is 16.6. The molecule has 3 heterocycles. The highest BCUT2D eigenvalue weighted by Crippen LogP contribution is 2.39. The van der Waals surface area contributed by atoms with Crippen molar-refractivity contribution < 1.29 is 0 Å². The number of likely N-dealkylation sites (tertiary alicyclic amines) is 1. The van der Waals surface area contributed by atoms with Crippen LogP contribution < -0.4 is 4.90 Å². The molecule has 4 rings (SSSR count). The van der Waals surface area contributed by atoms with E-state index in [4.69, 9.17) is 0 Å². The minimum Gasteiger partial charge on any atom is -0.372 e. The first-order valence-corrected chi connectivity index (χ1v) is 10.7. The van der Waals surface area contributed by atoms with Crippen LogP contribution in [0.2, 0.25) is 0 Å². The smallest absolute Gasteiger partial charge is 0.0621 e. The van der Waals surface area contributed by atoms with Crippen LogP contribution >= 0.6 is 11.3 Å². The number of thiophene rings is 1. The number of piperidine rings is 1. The summed E-state index contributed by atoms with van der Waals surface area (Å²) in [6, 6.07) is 13.0. The Morgan fingerprint density at radius 2 is 1.85 bits per heavy atom. The Morgan fingerprint density at radius 3 is 2.56 bits per heavy atom. The molecule has 1 N–H and O–H groups in total. The molecule has 0 amide bonds. The third kappa shape index (κ3) is 3.51. The highest BCUT2D eigenvalue weighted by molar-refractivity contribution is 7.10. The molecule has 2 aromatic heterocycles. The highest BCUT2D eigenvalue weighted by atomic mass is 32.1. The average molecular weight is 383 g/mol. The van der Waals surface area contributed by atoms with Crippen LogP contribution in [0, 0.1) is 0 Å². The number of hydrogen-bond donors (Lipinski definition) is 1. The number of hydrogen-bond acceptors (Lipinski definition) is 4. The molecule has 3 aromatic rings. The molecule has 0 saturated carbocycles. The van der Waals surface area contributed by atoms with Crippen molar-refractivity contribution in [1.82, 2.24) is 14.8 Å². The van der Waals surface area contributed by atoms with Crippen molar-refractivity contribution in [2.45, 2.75) is 18.4 Å². The van der Waals surface area contributed by atoms with Gasteiger partial charge in [0.05, 0.1) is 11.2 Å². The molecule has 1 fully saturated rings. The first kappa shape index (κ1) is 18.5. The van der Waals surface area contributed by atoms with Crippen LogP contribution in [-0.2, 0) is 5.54 Å². The van der Waals surface area contributed by atoms with Crippen molar-refractivity contribution in [3.8, 4) is 0 Å². The quantitative estimate of drug-likeness (QED) is 0.691. The maximum atomic E-state index is 3.39. The Kier molecular flexibility index (Phi) is 5.26. The monoisotopic (exact) mass is 382 g/mol. The lowest BCUT2D eigenvalue weighted by Crippen LogP contribution is -2.51. The summed E-state index contributed by atoms with van der Waals surface area (Å²) in [5.74, 6) is 0. The predicted molar refractivity (Wildman–Crippen MR) is 117 cm³/mol. The van der Waals surface area contributed by atoms with Gasteiger partial charge < -0.3 is 14.8 Å². The normalized spacial score (nSPS) is 17.6. The number of fused-ring (bicyclic) bond motifs is 1. The van der Waals surface area contributed by atoms with Gasteiger partial charge in [-0.25, -0.2) is 0 Å². The lowest BCUT2D eigenvalue weighted by molar-refractivity contribution is 0.0580.